The number of hydrogen-bond acceptors (Lipinski definition) is 10. The zero-order valence-electron chi connectivity index (χ0n) is 38.6. The number of carbonyl (C=O) groups excluding carboxylic acids is 4. The SMILES string of the molecule is CCCCC/C=C\C/C=C\CCCCCCCC(=O)OCC(COC(=O)CCCCCC(=O)OCC(CCCC)CCCCCC)COC(=O)OCCCN(CC)CC. The van der Waals surface area contributed by atoms with Gasteiger partial charge in [0.15, 0.2) is 0 Å². The van der Waals surface area contributed by atoms with Crippen LogP contribution in [0.1, 0.15) is 202 Å². The highest BCUT2D eigenvalue weighted by molar-refractivity contribution is 5.70. The number of hydrogen-bond donors (Lipinski definition) is 0. The minimum atomic E-state index is -0.792. The average Bonchev–Trinajstić information content (AvgIpc) is 3.23. The summed E-state index contributed by atoms with van der Waals surface area (Å²) < 4.78 is 27.2. The lowest BCUT2D eigenvalue weighted by Gasteiger charge is -2.18. The van der Waals surface area contributed by atoms with Gasteiger partial charge in [0.25, 0.3) is 0 Å². The van der Waals surface area contributed by atoms with E-state index in [1.807, 2.05) is 0 Å². The lowest BCUT2D eigenvalue weighted by Crippen LogP contribution is -2.27. The van der Waals surface area contributed by atoms with Crippen LogP contribution in [0.3, 0.4) is 0 Å². The molecule has 2 unspecified atom stereocenters. The van der Waals surface area contributed by atoms with E-state index in [9.17, 15) is 19.2 Å². The van der Waals surface area contributed by atoms with Gasteiger partial charge in [0.1, 0.15) is 19.8 Å². The van der Waals surface area contributed by atoms with Gasteiger partial charge in [-0.2, -0.15) is 0 Å². The second-order valence-corrected chi connectivity index (χ2v) is 16.1. The summed E-state index contributed by atoms with van der Waals surface area (Å²) in [5.74, 6) is -0.939. The number of esters is 3. The molecule has 0 aromatic heterocycles. The van der Waals surface area contributed by atoms with Gasteiger partial charge in [-0.3, -0.25) is 14.4 Å². The highest BCUT2D eigenvalue weighted by Gasteiger charge is 2.19. The fourth-order valence-corrected chi connectivity index (χ4v) is 6.66. The van der Waals surface area contributed by atoms with Crippen molar-refractivity contribution in [1.82, 2.24) is 4.90 Å². The number of nitrogens with zero attached hydrogens (tertiary/aromatic N) is 1. The van der Waals surface area contributed by atoms with Crippen molar-refractivity contribution in [3.8, 4) is 0 Å². The minimum absolute atomic E-state index is 0.0260. The molecule has 0 aliphatic carbocycles. The van der Waals surface area contributed by atoms with E-state index in [2.05, 4.69) is 63.8 Å². The maximum atomic E-state index is 12.6. The van der Waals surface area contributed by atoms with Crippen molar-refractivity contribution in [2.24, 2.45) is 11.8 Å². The first-order valence-corrected chi connectivity index (χ1v) is 24.1. The molecule has 0 aliphatic rings. The number of ether oxygens (including phenoxy) is 5. The molecule has 0 bridgehead atoms. The van der Waals surface area contributed by atoms with Crippen LogP contribution in [0.4, 0.5) is 4.79 Å². The van der Waals surface area contributed by atoms with Crippen molar-refractivity contribution < 1.29 is 42.9 Å². The summed E-state index contributed by atoms with van der Waals surface area (Å²) in [7, 11) is 0. The second kappa shape index (κ2) is 43.2. The summed E-state index contributed by atoms with van der Waals surface area (Å²) in [4.78, 5) is 52.1. The topological polar surface area (TPSA) is 118 Å². The molecule has 0 radical (unpaired) electrons. The van der Waals surface area contributed by atoms with Gasteiger partial charge in [-0.05, 0) is 89.6 Å². The van der Waals surface area contributed by atoms with Gasteiger partial charge in [-0.1, -0.05) is 136 Å². The number of carbonyl (C=O) groups is 4. The fourth-order valence-electron chi connectivity index (χ4n) is 6.66. The smallest absolute Gasteiger partial charge is 0.465 e. The Kier molecular flexibility index (Phi) is 41.1. The summed E-state index contributed by atoms with van der Waals surface area (Å²) in [6.07, 6.45) is 33.4. The Morgan fingerprint density at radius 1 is 0.441 bits per heavy atom. The van der Waals surface area contributed by atoms with E-state index >= 15 is 0 Å². The van der Waals surface area contributed by atoms with E-state index in [1.54, 1.807) is 0 Å². The minimum Gasteiger partial charge on any atom is -0.465 e. The molecule has 0 N–H and O–H groups in total. The summed E-state index contributed by atoms with van der Waals surface area (Å²) in [5, 5.41) is 0. The van der Waals surface area contributed by atoms with Gasteiger partial charge in [-0.25, -0.2) is 4.79 Å². The van der Waals surface area contributed by atoms with Crippen molar-refractivity contribution in [2.45, 2.75) is 202 Å². The monoisotopic (exact) mass is 836 g/mol. The maximum absolute atomic E-state index is 12.6. The fraction of sp³-hybridized carbons (Fsp3) is 0.837. The third kappa shape index (κ3) is 39.0. The quantitative estimate of drug-likeness (QED) is 0.0254. The van der Waals surface area contributed by atoms with E-state index in [0.29, 0.717) is 51.0 Å². The van der Waals surface area contributed by atoms with Crippen molar-refractivity contribution in [2.75, 3.05) is 52.7 Å². The van der Waals surface area contributed by atoms with Gasteiger partial charge in [0.05, 0.1) is 19.1 Å². The highest BCUT2D eigenvalue weighted by Crippen LogP contribution is 2.19. The third-order valence-corrected chi connectivity index (χ3v) is 10.6. The van der Waals surface area contributed by atoms with Crippen molar-refractivity contribution >= 4 is 24.1 Å². The Bertz CT molecular complexity index is 1060. The molecule has 0 aliphatic heterocycles. The molecule has 0 saturated carbocycles. The largest absolute Gasteiger partial charge is 0.508 e. The summed E-state index contributed by atoms with van der Waals surface area (Å²) >= 11 is 0. The van der Waals surface area contributed by atoms with Crippen LogP contribution in [-0.2, 0) is 38.1 Å². The second-order valence-electron chi connectivity index (χ2n) is 16.1. The normalized spacial score (nSPS) is 12.6. The van der Waals surface area contributed by atoms with E-state index in [4.69, 9.17) is 23.7 Å². The Hall–Kier alpha value is -2.88. The molecule has 10 heteroatoms. The molecule has 0 aromatic rings. The molecule has 0 amide bonds. The molecule has 10 nitrogen and oxygen atoms in total. The molecule has 2 atom stereocenters. The average molecular weight is 836 g/mol. The third-order valence-electron chi connectivity index (χ3n) is 10.6. The van der Waals surface area contributed by atoms with Crippen LogP contribution in [-0.4, -0.2) is 81.6 Å². The van der Waals surface area contributed by atoms with Gasteiger partial charge in [0.2, 0.25) is 0 Å². The molecule has 0 rings (SSSR count). The zero-order valence-corrected chi connectivity index (χ0v) is 38.6. The number of rotatable bonds is 42. The lowest BCUT2D eigenvalue weighted by molar-refractivity contribution is -0.150. The number of allylic oxidation sites excluding steroid dienone is 4. The number of unbranched alkanes of at least 4 members (excludes halogenated alkanes) is 14. The Balaban J connectivity index is 4.55. The Morgan fingerprint density at radius 3 is 1.44 bits per heavy atom. The molecular weight excluding hydrogens is 747 g/mol. The predicted octanol–water partition coefficient (Wildman–Crippen LogP) is 12.7. The molecule has 0 fully saturated rings. The van der Waals surface area contributed by atoms with Crippen LogP contribution in [0.15, 0.2) is 24.3 Å². The van der Waals surface area contributed by atoms with Gasteiger partial charge >= 0.3 is 24.1 Å². The zero-order chi connectivity index (χ0) is 43.4. The van der Waals surface area contributed by atoms with Gasteiger partial charge in [0, 0.05) is 25.8 Å². The van der Waals surface area contributed by atoms with Crippen molar-refractivity contribution in [3.05, 3.63) is 24.3 Å². The van der Waals surface area contributed by atoms with Gasteiger partial charge in [-0.15, -0.1) is 0 Å². The molecule has 59 heavy (non-hydrogen) atoms. The lowest BCUT2D eigenvalue weighted by atomic mass is 9.96. The van der Waals surface area contributed by atoms with Gasteiger partial charge < -0.3 is 28.6 Å². The first-order chi connectivity index (χ1) is 28.8. The van der Waals surface area contributed by atoms with Crippen LogP contribution in [0, 0.1) is 11.8 Å². The predicted molar refractivity (Wildman–Crippen MR) is 240 cm³/mol. The molecule has 0 saturated heterocycles. The van der Waals surface area contributed by atoms with Crippen LogP contribution < -0.4 is 0 Å². The Labute approximate surface area is 361 Å². The van der Waals surface area contributed by atoms with Crippen LogP contribution in [0.5, 0.6) is 0 Å². The van der Waals surface area contributed by atoms with Crippen molar-refractivity contribution in [3.63, 3.8) is 0 Å². The highest BCUT2D eigenvalue weighted by atomic mass is 16.7. The molecular formula is C49H89NO9. The van der Waals surface area contributed by atoms with Crippen molar-refractivity contribution in [1.29, 1.82) is 0 Å². The van der Waals surface area contributed by atoms with E-state index < -0.39 is 12.1 Å². The van der Waals surface area contributed by atoms with Crippen LogP contribution in [0.25, 0.3) is 0 Å². The van der Waals surface area contributed by atoms with E-state index in [0.717, 1.165) is 90.3 Å². The van der Waals surface area contributed by atoms with E-state index in [-0.39, 0.29) is 50.8 Å². The Morgan fingerprint density at radius 2 is 0.881 bits per heavy atom. The summed E-state index contributed by atoms with van der Waals surface area (Å²) in [6.45, 7) is 14.1. The standard InChI is InChI=1S/C49H89NO9/c1-6-11-14-16-17-18-19-20-21-22-23-24-25-26-29-35-47(52)57-41-45(43-59-49(54)55-39-32-38-50(9-4)10-5)42-58-48(53)37-31-27-30-36-46(51)56-40-44(33-13-8-3)34-28-15-12-7-2/h17-18,20-21,44-45H,6-16,19,22-43H2,1-5H3/b18-17-,21-20-. The molecule has 344 valence electrons. The van der Waals surface area contributed by atoms with Crippen LogP contribution >= 0.6 is 0 Å². The molecule has 0 aromatic carbocycles. The first-order valence-electron chi connectivity index (χ1n) is 24.1. The van der Waals surface area contributed by atoms with Crippen LogP contribution in [0.2, 0.25) is 0 Å². The molecule has 0 spiro atoms. The first kappa shape index (κ1) is 56.1. The summed E-state index contributed by atoms with van der Waals surface area (Å²) in [6, 6.07) is 0. The maximum Gasteiger partial charge on any atom is 0.508 e. The van der Waals surface area contributed by atoms with E-state index in [1.165, 1.54) is 51.4 Å². The molecule has 0 heterocycles. The summed E-state index contributed by atoms with van der Waals surface area (Å²) in [5.41, 5.74) is 0.